The van der Waals surface area contributed by atoms with Crippen molar-refractivity contribution in [2.75, 3.05) is 6.61 Å². The number of nitrogens with zero attached hydrogens (tertiary/aromatic N) is 1. The molecule has 1 saturated carbocycles. The molecule has 0 radical (unpaired) electrons. The summed E-state index contributed by atoms with van der Waals surface area (Å²) in [6.45, 7) is 4.84. The third kappa shape index (κ3) is 4.22. The van der Waals surface area contributed by atoms with Crippen molar-refractivity contribution in [1.29, 1.82) is 5.26 Å². The molecule has 1 aliphatic rings. The summed E-state index contributed by atoms with van der Waals surface area (Å²) in [5.41, 5.74) is -0.0780. The lowest BCUT2D eigenvalue weighted by atomic mass is 9.79. The van der Waals surface area contributed by atoms with E-state index in [1.807, 2.05) is 13.8 Å². The Morgan fingerprint density at radius 2 is 1.80 bits per heavy atom. The van der Waals surface area contributed by atoms with Crippen molar-refractivity contribution in [2.24, 2.45) is 5.41 Å². The molecule has 86 valence electrons. The SMILES string of the molecule is CC(C)OCCC1(C#N)CCCCCC1. The number of hydrogen-bond donors (Lipinski definition) is 0. The average molecular weight is 209 g/mol. The van der Waals surface area contributed by atoms with Crippen molar-refractivity contribution in [3.8, 4) is 6.07 Å². The van der Waals surface area contributed by atoms with Crippen LogP contribution >= 0.6 is 0 Å². The van der Waals surface area contributed by atoms with Gasteiger partial charge in [-0.2, -0.15) is 5.26 Å². The van der Waals surface area contributed by atoms with Gasteiger partial charge < -0.3 is 4.74 Å². The molecule has 0 atom stereocenters. The fourth-order valence-corrected chi connectivity index (χ4v) is 2.31. The first-order valence-electron chi connectivity index (χ1n) is 6.21. The van der Waals surface area contributed by atoms with Crippen molar-refractivity contribution in [2.45, 2.75) is 64.9 Å². The molecule has 0 N–H and O–H groups in total. The van der Waals surface area contributed by atoms with Crippen LogP contribution in [0.2, 0.25) is 0 Å². The molecule has 0 aromatic carbocycles. The second kappa shape index (κ2) is 6.12. The van der Waals surface area contributed by atoms with Gasteiger partial charge in [-0.05, 0) is 33.1 Å². The van der Waals surface area contributed by atoms with Crippen LogP contribution in [-0.4, -0.2) is 12.7 Å². The van der Waals surface area contributed by atoms with Gasteiger partial charge in [0.05, 0.1) is 17.6 Å². The minimum absolute atomic E-state index is 0.0780. The molecular weight excluding hydrogens is 186 g/mol. The minimum Gasteiger partial charge on any atom is -0.379 e. The minimum atomic E-state index is -0.0780. The van der Waals surface area contributed by atoms with Crippen molar-refractivity contribution < 1.29 is 4.74 Å². The molecule has 0 aliphatic heterocycles. The Bertz CT molecular complexity index is 209. The van der Waals surface area contributed by atoms with E-state index in [2.05, 4.69) is 6.07 Å². The Kier molecular flexibility index (Phi) is 5.11. The van der Waals surface area contributed by atoms with Gasteiger partial charge in [-0.3, -0.25) is 0 Å². The van der Waals surface area contributed by atoms with E-state index >= 15 is 0 Å². The number of nitriles is 1. The lowest BCUT2D eigenvalue weighted by molar-refractivity contribution is 0.0578. The summed E-state index contributed by atoms with van der Waals surface area (Å²) in [7, 11) is 0. The molecule has 0 aromatic rings. The number of rotatable bonds is 4. The van der Waals surface area contributed by atoms with Crippen molar-refractivity contribution in [3.05, 3.63) is 0 Å². The molecule has 1 aliphatic carbocycles. The van der Waals surface area contributed by atoms with Crippen LogP contribution in [0.4, 0.5) is 0 Å². The van der Waals surface area contributed by atoms with Gasteiger partial charge in [-0.1, -0.05) is 25.7 Å². The Morgan fingerprint density at radius 3 is 2.27 bits per heavy atom. The van der Waals surface area contributed by atoms with E-state index in [0.717, 1.165) is 25.9 Å². The van der Waals surface area contributed by atoms with Crippen molar-refractivity contribution in [3.63, 3.8) is 0 Å². The van der Waals surface area contributed by atoms with Gasteiger partial charge in [0.2, 0.25) is 0 Å². The van der Waals surface area contributed by atoms with Crippen LogP contribution in [0.1, 0.15) is 58.8 Å². The molecule has 0 aromatic heterocycles. The number of hydrogen-bond acceptors (Lipinski definition) is 2. The zero-order valence-electron chi connectivity index (χ0n) is 10.1. The summed E-state index contributed by atoms with van der Waals surface area (Å²) in [5.74, 6) is 0. The Morgan fingerprint density at radius 1 is 1.20 bits per heavy atom. The first-order valence-corrected chi connectivity index (χ1v) is 6.21. The molecule has 0 saturated heterocycles. The van der Waals surface area contributed by atoms with E-state index < -0.39 is 0 Å². The zero-order chi connectivity index (χ0) is 11.1. The fraction of sp³-hybridized carbons (Fsp3) is 0.923. The second-order valence-corrected chi connectivity index (χ2v) is 4.98. The van der Waals surface area contributed by atoms with E-state index in [1.54, 1.807) is 0 Å². The summed E-state index contributed by atoms with van der Waals surface area (Å²) >= 11 is 0. The van der Waals surface area contributed by atoms with Crippen LogP contribution in [0.3, 0.4) is 0 Å². The van der Waals surface area contributed by atoms with Gasteiger partial charge in [-0.25, -0.2) is 0 Å². The topological polar surface area (TPSA) is 33.0 Å². The Labute approximate surface area is 93.6 Å². The molecule has 15 heavy (non-hydrogen) atoms. The maximum Gasteiger partial charge on any atom is 0.0690 e. The van der Waals surface area contributed by atoms with Crippen LogP contribution in [0.25, 0.3) is 0 Å². The van der Waals surface area contributed by atoms with Crippen LogP contribution in [0.15, 0.2) is 0 Å². The molecule has 2 heteroatoms. The normalized spacial score (nSPS) is 20.9. The average Bonchev–Trinajstić information content (AvgIpc) is 2.44. The van der Waals surface area contributed by atoms with E-state index in [0.29, 0.717) is 0 Å². The highest BCUT2D eigenvalue weighted by atomic mass is 16.5. The first kappa shape index (κ1) is 12.5. The second-order valence-electron chi connectivity index (χ2n) is 4.98. The highest BCUT2D eigenvalue weighted by Crippen LogP contribution is 2.37. The molecule has 0 heterocycles. The van der Waals surface area contributed by atoms with Crippen LogP contribution in [-0.2, 0) is 4.74 Å². The van der Waals surface area contributed by atoms with Crippen LogP contribution in [0.5, 0.6) is 0 Å². The fourth-order valence-electron chi connectivity index (χ4n) is 2.31. The zero-order valence-corrected chi connectivity index (χ0v) is 10.1. The lowest BCUT2D eigenvalue weighted by Gasteiger charge is -2.25. The Hall–Kier alpha value is -0.550. The highest BCUT2D eigenvalue weighted by Gasteiger charge is 2.30. The highest BCUT2D eigenvalue weighted by molar-refractivity contribution is 4.99. The third-order valence-corrected chi connectivity index (χ3v) is 3.33. The Balaban J connectivity index is 2.41. The monoisotopic (exact) mass is 209 g/mol. The molecule has 0 amide bonds. The molecule has 1 rings (SSSR count). The molecule has 2 nitrogen and oxygen atoms in total. The van der Waals surface area contributed by atoms with Gasteiger partial charge in [0.15, 0.2) is 0 Å². The predicted molar refractivity (Wildman–Crippen MR) is 61.5 cm³/mol. The summed E-state index contributed by atoms with van der Waals surface area (Å²) in [4.78, 5) is 0. The summed E-state index contributed by atoms with van der Waals surface area (Å²) < 4.78 is 5.56. The quantitative estimate of drug-likeness (QED) is 0.662. The van der Waals surface area contributed by atoms with E-state index in [9.17, 15) is 5.26 Å². The smallest absolute Gasteiger partial charge is 0.0690 e. The van der Waals surface area contributed by atoms with Crippen LogP contribution < -0.4 is 0 Å². The van der Waals surface area contributed by atoms with Gasteiger partial charge in [0.25, 0.3) is 0 Å². The standard InChI is InChI=1S/C13H23NO/c1-12(2)15-10-9-13(11-14)7-5-3-4-6-8-13/h12H,3-10H2,1-2H3. The van der Waals surface area contributed by atoms with E-state index in [1.165, 1.54) is 25.7 Å². The van der Waals surface area contributed by atoms with E-state index in [4.69, 9.17) is 4.74 Å². The third-order valence-electron chi connectivity index (χ3n) is 3.33. The van der Waals surface area contributed by atoms with E-state index in [-0.39, 0.29) is 11.5 Å². The van der Waals surface area contributed by atoms with Crippen molar-refractivity contribution >= 4 is 0 Å². The largest absolute Gasteiger partial charge is 0.379 e. The lowest BCUT2D eigenvalue weighted by Crippen LogP contribution is -2.21. The molecule has 0 spiro atoms. The maximum absolute atomic E-state index is 9.33. The number of ether oxygens (including phenoxy) is 1. The summed E-state index contributed by atoms with van der Waals surface area (Å²) in [6, 6.07) is 2.55. The van der Waals surface area contributed by atoms with Crippen molar-refractivity contribution in [1.82, 2.24) is 0 Å². The predicted octanol–water partition coefficient (Wildman–Crippen LogP) is 3.67. The summed E-state index contributed by atoms with van der Waals surface area (Å²) in [6.07, 6.45) is 8.39. The first-order chi connectivity index (χ1) is 7.18. The van der Waals surface area contributed by atoms with Gasteiger partial charge in [0.1, 0.15) is 0 Å². The molecule has 0 unspecified atom stereocenters. The maximum atomic E-state index is 9.33. The molecule has 1 fully saturated rings. The molecule has 0 bridgehead atoms. The van der Waals surface area contributed by atoms with Crippen LogP contribution in [0, 0.1) is 16.7 Å². The summed E-state index contributed by atoms with van der Waals surface area (Å²) in [5, 5.41) is 9.33. The van der Waals surface area contributed by atoms with Gasteiger partial charge in [0, 0.05) is 6.61 Å². The van der Waals surface area contributed by atoms with Gasteiger partial charge >= 0.3 is 0 Å². The molecular formula is C13H23NO. The van der Waals surface area contributed by atoms with Gasteiger partial charge in [-0.15, -0.1) is 0 Å².